The summed E-state index contributed by atoms with van der Waals surface area (Å²) in [6.45, 7) is 9.67. The predicted octanol–water partition coefficient (Wildman–Crippen LogP) is 25.8. The molecule has 0 saturated heterocycles. The molecule has 19 heteroatoms. The first-order valence-corrected chi connectivity index (χ1v) is 47.1. The van der Waals surface area contributed by atoms with E-state index >= 15 is 0 Å². The minimum Gasteiger partial charge on any atom is -0.462 e. The number of ether oxygens (including phenoxy) is 4. The van der Waals surface area contributed by atoms with Gasteiger partial charge in [0.1, 0.15) is 19.3 Å². The van der Waals surface area contributed by atoms with Crippen LogP contribution >= 0.6 is 15.6 Å². The Bertz CT molecular complexity index is 2000. The van der Waals surface area contributed by atoms with Crippen molar-refractivity contribution in [2.75, 3.05) is 39.6 Å². The first-order valence-electron chi connectivity index (χ1n) is 44.1. The predicted molar refractivity (Wildman–Crippen MR) is 428 cm³/mol. The minimum atomic E-state index is -4.96. The van der Waals surface area contributed by atoms with Crippen molar-refractivity contribution >= 4 is 39.5 Å². The number of hydrogen-bond acceptors (Lipinski definition) is 15. The summed E-state index contributed by atoms with van der Waals surface area (Å²) < 4.78 is 68.8. The lowest BCUT2D eigenvalue weighted by molar-refractivity contribution is -0.161. The molecule has 0 radical (unpaired) electrons. The first-order chi connectivity index (χ1) is 50.4. The standard InChI is InChI=1S/C85H166O17P2/c1-7-11-13-15-17-19-21-22-23-24-25-26-27-31-34-37-41-44-48-55-61-67-82(87)95-73-80(101-85(90)70-64-58-50-46-42-38-35-32-29-28-30-33-36-40-43-47-53-59-65-77(5)9-3)75-99-103(91,92)97-71-79(86)72-98-104(93,94)100-76-81(74-96-83(88)68-62-56-52-51-54-60-66-78(6)10-4)102-84(89)69-63-57-49-45-39-20-18-16-14-12-8-2/h77-81,86H,7-76H2,1-6H3,(H,91,92)(H,93,94)/t77?,78?,79-,80-,81-/m1/s1. The van der Waals surface area contributed by atoms with Gasteiger partial charge in [-0.1, -0.05) is 401 Å². The van der Waals surface area contributed by atoms with Crippen molar-refractivity contribution < 1.29 is 80.2 Å². The smallest absolute Gasteiger partial charge is 0.462 e. The van der Waals surface area contributed by atoms with Crippen molar-refractivity contribution in [1.29, 1.82) is 0 Å². The number of hydrogen-bond donors (Lipinski definition) is 3. The Morgan fingerprint density at radius 3 is 0.683 bits per heavy atom. The van der Waals surface area contributed by atoms with Crippen molar-refractivity contribution in [2.45, 2.75) is 471 Å². The lowest BCUT2D eigenvalue weighted by atomic mass is 9.99. The molecule has 618 valence electrons. The number of phosphoric acid groups is 2. The number of carbonyl (C=O) groups is 4. The number of unbranched alkanes of at least 4 members (excludes halogenated alkanes) is 52. The van der Waals surface area contributed by atoms with E-state index in [1.807, 2.05) is 0 Å². The molecule has 0 aliphatic heterocycles. The number of carbonyl (C=O) groups excluding carboxylic acids is 4. The monoisotopic (exact) mass is 1520 g/mol. The maximum atomic E-state index is 13.1. The molecular formula is C85H166O17P2. The molecule has 0 spiro atoms. The summed E-state index contributed by atoms with van der Waals surface area (Å²) in [5, 5.41) is 10.7. The largest absolute Gasteiger partial charge is 0.472 e. The van der Waals surface area contributed by atoms with Gasteiger partial charge < -0.3 is 33.8 Å². The zero-order chi connectivity index (χ0) is 76.4. The van der Waals surface area contributed by atoms with Gasteiger partial charge in [0.15, 0.2) is 12.2 Å². The van der Waals surface area contributed by atoms with Gasteiger partial charge in [0.2, 0.25) is 0 Å². The summed E-state index contributed by atoms with van der Waals surface area (Å²) in [7, 11) is -9.92. The van der Waals surface area contributed by atoms with E-state index in [1.54, 1.807) is 0 Å². The first kappa shape index (κ1) is 102. The van der Waals surface area contributed by atoms with Crippen LogP contribution in [0.15, 0.2) is 0 Å². The topological polar surface area (TPSA) is 237 Å². The molecule has 0 aromatic heterocycles. The van der Waals surface area contributed by atoms with E-state index in [1.165, 1.54) is 263 Å². The third kappa shape index (κ3) is 75.5. The molecule has 4 unspecified atom stereocenters. The molecule has 0 fully saturated rings. The third-order valence-corrected chi connectivity index (χ3v) is 22.6. The molecule has 0 bridgehead atoms. The van der Waals surface area contributed by atoms with Crippen LogP contribution in [0.25, 0.3) is 0 Å². The Hall–Kier alpha value is -1.94. The number of phosphoric ester groups is 2. The molecule has 0 heterocycles. The highest BCUT2D eigenvalue weighted by Gasteiger charge is 2.30. The van der Waals surface area contributed by atoms with Crippen molar-refractivity contribution in [1.82, 2.24) is 0 Å². The van der Waals surface area contributed by atoms with Crippen molar-refractivity contribution in [3.63, 3.8) is 0 Å². The molecule has 0 aliphatic carbocycles. The van der Waals surface area contributed by atoms with Crippen LogP contribution in [0.3, 0.4) is 0 Å². The Balaban J connectivity index is 5.18. The summed E-state index contributed by atoms with van der Waals surface area (Å²) in [5.74, 6) is -0.504. The van der Waals surface area contributed by atoms with E-state index in [0.717, 1.165) is 108 Å². The van der Waals surface area contributed by atoms with Crippen molar-refractivity contribution in [3.8, 4) is 0 Å². The van der Waals surface area contributed by atoms with Crippen LogP contribution in [0.2, 0.25) is 0 Å². The van der Waals surface area contributed by atoms with Gasteiger partial charge in [-0.15, -0.1) is 0 Å². The van der Waals surface area contributed by atoms with Gasteiger partial charge in [-0.05, 0) is 37.5 Å². The molecule has 17 nitrogen and oxygen atoms in total. The fourth-order valence-corrected chi connectivity index (χ4v) is 14.8. The zero-order valence-electron chi connectivity index (χ0n) is 68.3. The fourth-order valence-electron chi connectivity index (χ4n) is 13.2. The van der Waals surface area contributed by atoms with Crippen LogP contribution in [0.4, 0.5) is 0 Å². The second kappa shape index (κ2) is 76.4. The van der Waals surface area contributed by atoms with Gasteiger partial charge in [0.25, 0.3) is 0 Å². The van der Waals surface area contributed by atoms with Crippen LogP contribution < -0.4 is 0 Å². The number of rotatable bonds is 84. The summed E-state index contributed by atoms with van der Waals surface area (Å²) in [6, 6.07) is 0. The van der Waals surface area contributed by atoms with Crippen LogP contribution in [0.5, 0.6) is 0 Å². The number of esters is 4. The quantitative estimate of drug-likeness (QED) is 0.0222. The van der Waals surface area contributed by atoms with Crippen LogP contribution in [0.1, 0.15) is 452 Å². The molecule has 0 aromatic carbocycles. The van der Waals surface area contributed by atoms with Gasteiger partial charge in [0.05, 0.1) is 26.4 Å². The summed E-state index contributed by atoms with van der Waals surface area (Å²) in [4.78, 5) is 73.1. The summed E-state index contributed by atoms with van der Waals surface area (Å²) in [6.07, 6.45) is 68.2. The average molecular weight is 1520 g/mol. The van der Waals surface area contributed by atoms with Crippen LogP contribution in [-0.4, -0.2) is 96.7 Å². The highest BCUT2D eigenvalue weighted by Crippen LogP contribution is 2.45. The summed E-state index contributed by atoms with van der Waals surface area (Å²) >= 11 is 0. The Morgan fingerprint density at radius 1 is 0.269 bits per heavy atom. The van der Waals surface area contributed by atoms with E-state index in [9.17, 15) is 43.2 Å². The lowest BCUT2D eigenvalue weighted by Crippen LogP contribution is -2.30. The number of aliphatic hydroxyl groups is 1. The Kier molecular flexibility index (Phi) is 75.0. The highest BCUT2D eigenvalue weighted by molar-refractivity contribution is 7.47. The van der Waals surface area contributed by atoms with E-state index in [-0.39, 0.29) is 25.7 Å². The van der Waals surface area contributed by atoms with Crippen molar-refractivity contribution in [2.24, 2.45) is 11.8 Å². The SMILES string of the molecule is CCCCCCCCCCCCCCCCCCCCCCCC(=O)OC[C@H](COP(=O)(O)OC[C@@H](O)COP(=O)(O)OC[C@@H](COC(=O)CCCCCCCCC(C)CC)OC(=O)CCCCCCCCCCCCC)OC(=O)CCCCCCCCCCCCCCCCCCCCC(C)CC. The Morgan fingerprint density at radius 2 is 0.462 bits per heavy atom. The van der Waals surface area contributed by atoms with E-state index in [2.05, 4.69) is 41.5 Å². The van der Waals surface area contributed by atoms with E-state index in [4.69, 9.17) is 37.0 Å². The molecule has 0 rings (SSSR count). The molecule has 0 aromatic rings. The maximum Gasteiger partial charge on any atom is 0.472 e. The second-order valence-corrected chi connectivity index (χ2v) is 34.0. The maximum absolute atomic E-state index is 13.1. The Labute approximate surface area is 638 Å². The normalized spacial score (nSPS) is 14.4. The molecule has 0 amide bonds. The molecular weight excluding hydrogens is 1350 g/mol. The second-order valence-electron chi connectivity index (χ2n) is 31.1. The lowest BCUT2D eigenvalue weighted by Gasteiger charge is -2.21. The molecule has 7 atom stereocenters. The van der Waals surface area contributed by atoms with Gasteiger partial charge in [0, 0.05) is 25.7 Å². The van der Waals surface area contributed by atoms with E-state index < -0.39 is 97.5 Å². The van der Waals surface area contributed by atoms with Gasteiger partial charge in [-0.3, -0.25) is 37.3 Å². The van der Waals surface area contributed by atoms with Crippen LogP contribution in [0, 0.1) is 11.8 Å². The molecule has 3 N–H and O–H groups in total. The summed E-state index contributed by atoms with van der Waals surface area (Å²) in [5.41, 5.74) is 0. The number of aliphatic hydroxyl groups excluding tert-OH is 1. The molecule has 104 heavy (non-hydrogen) atoms. The van der Waals surface area contributed by atoms with Crippen molar-refractivity contribution in [3.05, 3.63) is 0 Å². The van der Waals surface area contributed by atoms with Gasteiger partial charge in [-0.2, -0.15) is 0 Å². The van der Waals surface area contributed by atoms with Crippen LogP contribution in [-0.2, 0) is 65.4 Å². The average Bonchev–Trinajstić information content (AvgIpc) is 0.962. The van der Waals surface area contributed by atoms with Gasteiger partial charge >= 0.3 is 39.5 Å². The fraction of sp³-hybridized carbons (Fsp3) is 0.953. The zero-order valence-corrected chi connectivity index (χ0v) is 70.1. The molecule has 0 aliphatic rings. The van der Waals surface area contributed by atoms with E-state index in [0.29, 0.717) is 25.7 Å². The molecule has 0 saturated carbocycles. The third-order valence-electron chi connectivity index (χ3n) is 20.7. The van der Waals surface area contributed by atoms with Gasteiger partial charge in [-0.25, -0.2) is 9.13 Å². The minimum absolute atomic E-state index is 0.106. The highest BCUT2D eigenvalue weighted by atomic mass is 31.2.